The summed E-state index contributed by atoms with van der Waals surface area (Å²) in [5.41, 5.74) is 4.14. The Morgan fingerprint density at radius 2 is 2.24 bits per heavy atom. The van der Waals surface area contributed by atoms with Gasteiger partial charge in [0.1, 0.15) is 11.3 Å². The highest BCUT2D eigenvalue weighted by molar-refractivity contribution is 5.97. The molecule has 3 heterocycles. The standard InChI is InChI=1S/C23H18FN5/c1-4-9-28-19-12-15(25-3)11-17(24)21(19)27-23(28)20-10-14-7-6-8-18-22(14)29(20)16(5-2)13-26-18/h1,6-8,10-12,16,26H,5,9,13H2,2H3. The molecule has 0 aliphatic carbocycles. The number of fused-ring (bicyclic) bond motifs is 1. The molecule has 0 amide bonds. The van der Waals surface area contributed by atoms with Crippen LogP contribution in [0.3, 0.4) is 0 Å². The lowest BCUT2D eigenvalue weighted by Gasteiger charge is -2.28. The first-order chi connectivity index (χ1) is 14.2. The van der Waals surface area contributed by atoms with Crippen LogP contribution in [-0.2, 0) is 6.54 Å². The summed E-state index contributed by atoms with van der Waals surface area (Å²) in [6, 6.07) is 11.4. The molecule has 0 fully saturated rings. The summed E-state index contributed by atoms with van der Waals surface area (Å²) in [6.07, 6.45) is 6.58. The van der Waals surface area contributed by atoms with Crippen molar-refractivity contribution in [2.75, 3.05) is 11.9 Å². The Morgan fingerprint density at radius 1 is 1.38 bits per heavy atom. The number of rotatable bonds is 3. The second-order valence-electron chi connectivity index (χ2n) is 7.22. The largest absolute Gasteiger partial charge is 0.381 e. The number of imidazole rings is 1. The fourth-order valence-corrected chi connectivity index (χ4v) is 4.30. The van der Waals surface area contributed by atoms with Crippen molar-refractivity contribution in [3.8, 4) is 23.9 Å². The van der Waals surface area contributed by atoms with Crippen LogP contribution in [0.4, 0.5) is 15.8 Å². The molecule has 142 valence electrons. The van der Waals surface area contributed by atoms with Gasteiger partial charge in [0.25, 0.3) is 0 Å². The summed E-state index contributed by atoms with van der Waals surface area (Å²) in [5, 5.41) is 4.61. The summed E-state index contributed by atoms with van der Waals surface area (Å²) >= 11 is 0. The molecule has 0 saturated carbocycles. The number of nitrogens with one attached hydrogen (secondary N) is 1. The van der Waals surface area contributed by atoms with Gasteiger partial charge in [-0.05, 0) is 30.7 Å². The maximum Gasteiger partial charge on any atom is 0.192 e. The average molecular weight is 383 g/mol. The van der Waals surface area contributed by atoms with Crippen LogP contribution in [0.15, 0.2) is 36.4 Å². The number of aromatic nitrogens is 3. The molecule has 1 N–H and O–H groups in total. The van der Waals surface area contributed by atoms with Crippen molar-refractivity contribution in [3.05, 3.63) is 53.6 Å². The van der Waals surface area contributed by atoms with Crippen LogP contribution in [0.2, 0.25) is 0 Å². The van der Waals surface area contributed by atoms with E-state index in [2.05, 4.69) is 50.8 Å². The minimum atomic E-state index is -0.505. The fourth-order valence-electron chi connectivity index (χ4n) is 4.30. The molecule has 29 heavy (non-hydrogen) atoms. The number of para-hydroxylation sites is 1. The van der Waals surface area contributed by atoms with E-state index in [1.165, 1.54) is 6.07 Å². The Bertz CT molecular complexity index is 1360. The predicted molar refractivity (Wildman–Crippen MR) is 114 cm³/mol. The van der Waals surface area contributed by atoms with E-state index in [-0.39, 0.29) is 23.8 Å². The topological polar surface area (TPSA) is 39.1 Å². The van der Waals surface area contributed by atoms with Gasteiger partial charge in [-0.15, -0.1) is 6.42 Å². The SMILES string of the molecule is [C-]#[N+]c1cc(F)c2nc(-c3cc4cccc5c4n3C(CC)CN5)n(CC#C)c2c1. The summed E-state index contributed by atoms with van der Waals surface area (Å²) in [6.45, 7) is 10.5. The van der Waals surface area contributed by atoms with Gasteiger partial charge >= 0.3 is 0 Å². The van der Waals surface area contributed by atoms with Crippen molar-refractivity contribution in [2.45, 2.75) is 25.9 Å². The van der Waals surface area contributed by atoms with Gasteiger partial charge in [-0.25, -0.2) is 14.2 Å². The monoisotopic (exact) mass is 383 g/mol. The van der Waals surface area contributed by atoms with E-state index in [0.717, 1.165) is 35.2 Å². The van der Waals surface area contributed by atoms with Crippen LogP contribution in [0, 0.1) is 24.7 Å². The molecule has 2 aromatic carbocycles. The van der Waals surface area contributed by atoms with Gasteiger partial charge in [-0.1, -0.05) is 25.0 Å². The average Bonchev–Trinajstić information content (AvgIpc) is 3.29. The van der Waals surface area contributed by atoms with Crippen molar-refractivity contribution in [1.29, 1.82) is 0 Å². The van der Waals surface area contributed by atoms with E-state index in [1.54, 1.807) is 6.07 Å². The molecule has 1 aliphatic rings. The Labute approximate surface area is 167 Å². The highest BCUT2D eigenvalue weighted by Crippen LogP contribution is 2.40. The van der Waals surface area contributed by atoms with Crippen molar-refractivity contribution >= 4 is 33.3 Å². The minimum Gasteiger partial charge on any atom is -0.381 e. The number of nitrogens with zero attached hydrogens (tertiary/aromatic N) is 4. The quantitative estimate of drug-likeness (QED) is 0.382. The summed E-state index contributed by atoms with van der Waals surface area (Å²) in [5.74, 6) is 2.77. The zero-order chi connectivity index (χ0) is 20.1. The smallest absolute Gasteiger partial charge is 0.192 e. The molecule has 0 bridgehead atoms. The molecule has 1 atom stereocenters. The Balaban J connectivity index is 1.88. The molecule has 2 aromatic heterocycles. The van der Waals surface area contributed by atoms with E-state index in [4.69, 9.17) is 13.0 Å². The zero-order valence-electron chi connectivity index (χ0n) is 15.9. The van der Waals surface area contributed by atoms with Crippen LogP contribution in [0.25, 0.3) is 38.3 Å². The maximum atomic E-state index is 14.7. The molecule has 0 radical (unpaired) electrons. The number of halogens is 1. The summed E-state index contributed by atoms with van der Waals surface area (Å²) < 4.78 is 18.8. The lowest BCUT2D eigenvalue weighted by atomic mass is 10.1. The van der Waals surface area contributed by atoms with Gasteiger partial charge < -0.3 is 14.5 Å². The minimum absolute atomic E-state index is 0.235. The Morgan fingerprint density at radius 3 is 3.00 bits per heavy atom. The van der Waals surface area contributed by atoms with Gasteiger partial charge in [0.15, 0.2) is 11.5 Å². The van der Waals surface area contributed by atoms with Gasteiger partial charge in [-0.2, -0.15) is 0 Å². The lowest BCUT2D eigenvalue weighted by molar-refractivity contribution is 0.518. The fraction of sp³-hybridized carbons (Fsp3) is 0.217. The molecule has 6 heteroatoms. The number of anilines is 1. The Kier molecular flexibility index (Phi) is 3.82. The number of hydrogen-bond donors (Lipinski definition) is 1. The molecule has 0 saturated heterocycles. The van der Waals surface area contributed by atoms with Gasteiger partial charge in [0.2, 0.25) is 0 Å². The predicted octanol–water partition coefficient (Wildman–Crippen LogP) is 5.36. The van der Waals surface area contributed by atoms with Gasteiger partial charge in [-0.3, -0.25) is 0 Å². The first kappa shape index (κ1) is 17.3. The van der Waals surface area contributed by atoms with E-state index >= 15 is 0 Å². The number of benzene rings is 2. The number of hydrogen-bond acceptors (Lipinski definition) is 2. The van der Waals surface area contributed by atoms with Crippen LogP contribution >= 0.6 is 0 Å². The van der Waals surface area contributed by atoms with Crippen molar-refractivity contribution < 1.29 is 4.39 Å². The van der Waals surface area contributed by atoms with Crippen molar-refractivity contribution in [3.63, 3.8) is 0 Å². The molecule has 5 nitrogen and oxygen atoms in total. The molecule has 5 rings (SSSR count). The molecule has 1 aliphatic heterocycles. The first-order valence-electron chi connectivity index (χ1n) is 9.55. The lowest BCUT2D eigenvalue weighted by Crippen LogP contribution is -2.24. The second kappa shape index (κ2) is 6.39. The van der Waals surface area contributed by atoms with E-state index in [9.17, 15) is 4.39 Å². The van der Waals surface area contributed by atoms with Gasteiger partial charge in [0.05, 0.1) is 41.6 Å². The Hall–Kier alpha value is -3.77. The molecular formula is C23H18FN5. The van der Waals surface area contributed by atoms with Crippen molar-refractivity contribution in [2.24, 2.45) is 0 Å². The summed E-state index contributed by atoms with van der Waals surface area (Å²) in [7, 11) is 0. The molecule has 4 aromatic rings. The van der Waals surface area contributed by atoms with Crippen LogP contribution < -0.4 is 5.32 Å². The summed E-state index contributed by atoms with van der Waals surface area (Å²) in [4.78, 5) is 8.03. The number of terminal acetylenes is 1. The third kappa shape index (κ3) is 2.43. The zero-order valence-corrected chi connectivity index (χ0v) is 15.9. The third-order valence-corrected chi connectivity index (χ3v) is 5.62. The van der Waals surface area contributed by atoms with Crippen LogP contribution in [0.1, 0.15) is 19.4 Å². The van der Waals surface area contributed by atoms with E-state index < -0.39 is 5.82 Å². The van der Waals surface area contributed by atoms with E-state index in [1.807, 2.05) is 10.6 Å². The van der Waals surface area contributed by atoms with Crippen LogP contribution in [-0.4, -0.2) is 20.7 Å². The highest BCUT2D eigenvalue weighted by Gasteiger charge is 2.27. The van der Waals surface area contributed by atoms with Crippen molar-refractivity contribution in [1.82, 2.24) is 14.1 Å². The first-order valence-corrected chi connectivity index (χ1v) is 9.55. The maximum absolute atomic E-state index is 14.7. The van der Waals surface area contributed by atoms with Crippen LogP contribution in [0.5, 0.6) is 0 Å². The van der Waals surface area contributed by atoms with E-state index in [0.29, 0.717) is 11.3 Å². The normalized spacial score (nSPS) is 15.2. The molecule has 1 unspecified atom stereocenters. The third-order valence-electron chi connectivity index (χ3n) is 5.62. The molecule has 0 spiro atoms. The molecular weight excluding hydrogens is 365 g/mol. The second-order valence-corrected chi connectivity index (χ2v) is 7.22. The highest BCUT2D eigenvalue weighted by atomic mass is 19.1. The van der Waals surface area contributed by atoms with Gasteiger partial charge in [0, 0.05) is 11.9 Å².